The lowest BCUT2D eigenvalue weighted by Crippen LogP contribution is -2.19. The first-order valence-electron chi connectivity index (χ1n) is 9.64. The molecule has 0 heterocycles. The van der Waals surface area contributed by atoms with Gasteiger partial charge < -0.3 is 20.6 Å². The molecular formula is C23H23N3O5S. The third-order valence-corrected chi connectivity index (χ3v) is 5.45. The van der Waals surface area contributed by atoms with Gasteiger partial charge in [0.25, 0.3) is 5.91 Å². The van der Waals surface area contributed by atoms with Crippen LogP contribution in [0.4, 0.5) is 5.69 Å². The molecule has 166 valence electrons. The molecule has 0 fully saturated rings. The van der Waals surface area contributed by atoms with Gasteiger partial charge in [-0.15, -0.1) is 0 Å². The normalized spacial score (nSPS) is 11.6. The van der Waals surface area contributed by atoms with Crippen LogP contribution in [0.3, 0.4) is 0 Å². The molecular weight excluding hydrogens is 430 g/mol. The molecule has 0 saturated heterocycles. The molecule has 1 amide bonds. The summed E-state index contributed by atoms with van der Waals surface area (Å²) in [4.78, 5) is 17.2. The smallest absolute Gasteiger partial charge is 0.265 e. The van der Waals surface area contributed by atoms with E-state index in [1.807, 2.05) is 30.3 Å². The Morgan fingerprint density at radius 1 is 0.969 bits per heavy atom. The maximum atomic E-state index is 12.0. The van der Waals surface area contributed by atoms with Crippen molar-refractivity contribution in [1.29, 1.82) is 0 Å². The number of carbonyl (C=O) groups is 1. The molecule has 0 atom stereocenters. The number of nitrogens with one attached hydrogen (secondary N) is 1. The van der Waals surface area contributed by atoms with Gasteiger partial charge in [-0.1, -0.05) is 35.5 Å². The van der Waals surface area contributed by atoms with Gasteiger partial charge in [0.05, 0.1) is 4.90 Å². The first-order chi connectivity index (χ1) is 15.3. The quantitative estimate of drug-likeness (QED) is 0.292. The molecule has 0 aliphatic heterocycles. The summed E-state index contributed by atoms with van der Waals surface area (Å²) in [5.74, 6) is 0.343. The molecule has 0 radical (unpaired) electrons. The van der Waals surface area contributed by atoms with E-state index in [1.54, 1.807) is 24.3 Å². The average Bonchev–Trinajstić information content (AvgIpc) is 2.78. The van der Waals surface area contributed by atoms with E-state index in [1.165, 1.54) is 24.3 Å². The summed E-state index contributed by atoms with van der Waals surface area (Å²) in [6, 6.07) is 22.7. The minimum Gasteiger partial charge on any atom is -0.489 e. The van der Waals surface area contributed by atoms with Crippen molar-refractivity contribution in [2.24, 2.45) is 10.9 Å². The zero-order chi connectivity index (χ0) is 23.0. The van der Waals surface area contributed by atoms with Crippen LogP contribution in [0.1, 0.15) is 11.1 Å². The van der Waals surface area contributed by atoms with Crippen LogP contribution < -0.4 is 15.8 Å². The highest BCUT2D eigenvalue weighted by molar-refractivity contribution is 7.90. The molecule has 0 bridgehead atoms. The van der Waals surface area contributed by atoms with Crippen molar-refractivity contribution in [1.82, 2.24) is 0 Å². The van der Waals surface area contributed by atoms with E-state index < -0.39 is 15.7 Å². The lowest BCUT2D eigenvalue weighted by molar-refractivity contribution is -0.120. The second-order valence-corrected chi connectivity index (χ2v) is 8.91. The third-order valence-electron chi connectivity index (χ3n) is 4.32. The summed E-state index contributed by atoms with van der Waals surface area (Å²) >= 11 is 0. The van der Waals surface area contributed by atoms with Crippen LogP contribution >= 0.6 is 0 Å². The Morgan fingerprint density at radius 3 is 2.25 bits per heavy atom. The number of anilines is 1. The monoisotopic (exact) mass is 453 g/mol. The third kappa shape index (κ3) is 6.85. The van der Waals surface area contributed by atoms with Crippen LogP contribution in [0.5, 0.6) is 5.75 Å². The zero-order valence-corrected chi connectivity index (χ0v) is 18.2. The molecule has 0 aliphatic carbocycles. The van der Waals surface area contributed by atoms with E-state index in [9.17, 15) is 13.2 Å². The lowest BCUT2D eigenvalue weighted by atomic mass is 10.2. The fourth-order valence-electron chi connectivity index (χ4n) is 2.66. The molecule has 32 heavy (non-hydrogen) atoms. The molecule has 3 rings (SSSR count). The van der Waals surface area contributed by atoms with Crippen LogP contribution in [0.15, 0.2) is 88.9 Å². The number of rotatable bonds is 9. The number of ether oxygens (including phenoxy) is 1. The fraction of sp³-hybridized carbons (Fsp3) is 0.130. The number of benzene rings is 3. The second-order valence-electron chi connectivity index (χ2n) is 6.89. The molecule has 3 N–H and O–H groups in total. The number of carbonyl (C=O) groups excluding carboxylic acids is 1. The predicted octanol–water partition coefficient (Wildman–Crippen LogP) is 2.94. The van der Waals surface area contributed by atoms with Crippen molar-refractivity contribution in [2.45, 2.75) is 11.5 Å². The van der Waals surface area contributed by atoms with Crippen molar-refractivity contribution in [3.8, 4) is 5.75 Å². The summed E-state index contributed by atoms with van der Waals surface area (Å²) in [5.41, 5.74) is 8.03. The van der Waals surface area contributed by atoms with Crippen LogP contribution in [0.25, 0.3) is 0 Å². The lowest BCUT2D eigenvalue weighted by Gasteiger charge is -2.08. The summed E-state index contributed by atoms with van der Waals surface area (Å²) in [6.07, 6.45) is 1.11. The number of amides is 1. The van der Waals surface area contributed by atoms with E-state index in [0.29, 0.717) is 23.6 Å². The van der Waals surface area contributed by atoms with Crippen LogP contribution in [0.2, 0.25) is 0 Å². The van der Waals surface area contributed by atoms with Crippen LogP contribution in [-0.2, 0) is 26.1 Å². The van der Waals surface area contributed by atoms with E-state index in [0.717, 1.165) is 11.8 Å². The van der Waals surface area contributed by atoms with E-state index in [4.69, 9.17) is 15.3 Å². The number of hydrogen-bond donors (Lipinski definition) is 2. The molecule has 3 aromatic rings. The van der Waals surface area contributed by atoms with Crippen molar-refractivity contribution in [2.75, 3.05) is 18.2 Å². The highest BCUT2D eigenvalue weighted by Gasteiger charge is 2.08. The molecule has 9 heteroatoms. The number of sulfone groups is 1. The Morgan fingerprint density at radius 2 is 1.62 bits per heavy atom. The van der Waals surface area contributed by atoms with Crippen molar-refractivity contribution in [3.05, 3.63) is 90.0 Å². The molecule has 0 spiro atoms. The van der Waals surface area contributed by atoms with Crippen molar-refractivity contribution in [3.63, 3.8) is 0 Å². The maximum Gasteiger partial charge on any atom is 0.265 e. The Hall–Kier alpha value is -3.85. The van der Waals surface area contributed by atoms with Gasteiger partial charge in [0.2, 0.25) is 0 Å². The maximum absolute atomic E-state index is 12.0. The number of amidine groups is 1. The molecule has 0 aliphatic rings. The van der Waals surface area contributed by atoms with Gasteiger partial charge in [-0.2, -0.15) is 0 Å². The summed E-state index contributed by atoms with van der Waals surface area (Å²) in [6.45, 7) is 0.103. The SMILES string of the molecule is CS(=O)(=O)c1ccc(NC(=O)CO/N=C(/N)c2ccc(OCc3ccccc3)cc2)cc1. The Kier molecular flexibility index (Phi) is 7.45. The largest absolute Gasteiger partial charge is 0.489 e. The topological polar surface area (TPSA) is 120 Å². The highest BCUT2D eigenvalue weighted by atomic mass is 32.2. The number of oxime groups is 1. The molecule has 0 aromatic heterocycles. The number of nitrogens with two attached hydrogens (primary N) is 1. The predicted molar refractivity (Wildman–Crippen MR) is 122 cm³/mol. The Labute approximate surface area is 186 Å². The van der Waals surface area contributed by atoms with Gasteiger partial charge in [-0.25, -0.2) is 8.42 Å². The molecule has 0 unspecified atom stereocenters. The van der Waals surface area contributed by atoms with E-state index in [2.05, 4.69) is 10.5 Å². The molecule has 8 nitrogen and oxygen atoms in total. The first-order valence-corrected chi connectivity index (χ1v) is 11.5. The summed E-state index contributed by atoms with van der Waals surface area (Å²) < 4.78 is 28.6. The van der Waals surface area contributed by atoms with Gasteiger partial charge in [0, 0.05) is 17.5 Å². The van der Waals surface area contributed by atoms with Gasteiger partial charge in [-0.05, 0) is 54.1 Å². The Balaban J connectivity index is 1.47. The van der Waals surface area contributed by atoms with Gasteiger partial charge in [-0.3, -0.25) is 4.79 Å². The minimum atomic E-state index is -3.29. The number of hydrogen-bond acceptors (Lipinski definition) is 6. The Bertz CT molecular complexity index is 1180. The summed E-state index contributed by atoms with van der Waals surface area (Å²) in [7, 11) is -3.29. The van der Waals surface area contributed by atoms with E-state index in [-0.39, 0.29) is 17.3 Å². The van der Waals surface area contributed by atoms with Crippen molar-refractivity contribution >= 4 is 27.3 Å². The van der Waals surface area contributed by atoms with Crippen LogP contribution in [0, 0.1) is 0 Å². The average molecular weight is 454 g/mol. The van der Waals surface area contributed by atoms with E-state index >= 15 is 0 Å². The standard InChI is InChI=1S/C23H23N3O5S/c1-32(28,29)21-13-9-19(10-14-21)25-22(27)16-31-26-23(24)18-7-11-20(12-8-18)30-15-17-5-3-2-4-6-17/h2-14H,15-16H2,1H3,(H2,24,26)(H,25,27). The zero-order valence-electron chi connectivity index (χ0n) is 17.4. The number of nitrogens with zero attached hydrogens (tertiary/aromatic N) is 1. The van der Waals surface area contributed by atoms with Crippen LogP contribution in [-0.4, -0.2) is 33.0 Å². The van der Waals surface area contributed by atoms with Crippen molar-refractivity contribution < 1.29 is 22.8 Å². The molecule has 0 saturated carbocycles. The highest BCUT2D eigenvalue weighted by Crippen LogP contribution is 2.15. The van der Waals surface area contributed by atoms with Gasteiger partial charge >= 0.3 is 0 Å². The minimum absolute atomic E-state index is 0.116. The van der Waals surface area contributed by atoms with Gasteiger partial charge in [0.1, 0.15) is 12.4 Å². The second kappa shape index (κ2) is 10.5. The fourth-order valence-corrected chi connectivity index (χ4v) is 3.29. The first kappa shape index (κ1) is 22.8. The summed E-state index contributed by atoms with van der Waals surface area (Å²) in [5, 5.41) is 6.34. The molecule has 3 aromatic carbocycles. The van der Waals surface area contributed by atoms with Gasteiger partial charge in [0.15, 0.2) is 22.3 Å².